The molecule has 1 amide bonds. The van der Waals surface area contributed by atoms with E-state index in [9.17, 15) is 4.79 Å². The van der Waals surface area contributed by atoms with E-state index in [0.29, 0.717) is 5.69 Å². The number of carbonyl (C=O) groups excluding carboxylic acids is 1. The lowest BCUT2D eigenvalue weighted by atomic mass is 10.1. The molecule has 3 heterocycles. The second kappa shape index (κ2) is 7.62. The molecule has 1 aromatic carbocycles. The highest BCUT2D eigenvalue weighted by Gasteiger charge is 2.30. The molecule has 140 valence electrons. The Morgan fingerprint density at radius 1 is 1.33 bits per heavy atom. The van der Waals surface area contributed by atoms with Gasteiger partial charge in [-0.2, -0.15) is 5.10 Å². The summed E-state index contributed by atoms with van der Waals surface area (Å²) < 4.78 is 1.82. The van der Waals surface area contributed by atoms with E-state index in [1.165, 1.54) is 11.3 Å². The summed E-state index contributed by atoms with van der Waals surface area (Å²) in [6, 6.07) is 10.3. The summed E-state index contributed by atoms with van der Waals surface area (Å²) in [5.41, 5.74) is 2.43. The molecule has 1 saturated heterocycles. The molecule has 7 heteroatoms. The Balaban J connectivity index is 1.56. The van der Waals surface area contributed by atoms with Gasteiger partial charge in [-0.15, -0.1) is 11.3 Å². The smallest absolute Gasteiger partial charge is 0.273 e. The maximum Gasteiger partial charge on any atom is 0.273 e. The third kappa shape index (κ3) is 3.65. The van der Waals surface area contributed by atoms with Crippen molar-refractivity contribution in [3.63, 3.8) is 0 Å². The van der Waals surface area contributed by atoms with Crippen molar-refractivity contribution in [1.82, 2.24) is 25.0 Å². The molecule has 0 radical (unpaired) electrons. The Kier molecular flexibility index (Phi) is 5.05. The fourth-order valence-electron chi connectivity index (χ4n) is 3.49. The van der Waals surface area contributed by atoms with Crippen molar-refractivity contribution < 1.29 is 4.79 Å². The van der Waals surface area contributed by atoms with Gasteiger partial charge in [-0.1, -0.05) is 18.2 Å². The number of rotatable bonds is 5. The van der Waals surface area contributed by atoms with E-state index in [4.69, 9.17) is 0 Å². The summed E-state index contributed by atoms with van der Waals surface area (Å²) in [4.78, 5) is 19.6. The van der Waals surface area contributed by atoms with Crippen LogP contribution in [0.5, 0.6) is 0 Å². The number of amides is 1. The molecule has 27 heavy (non-hydrogen) atoms. The molecule has 2 aromatic heterocycles. The minimum atomic E-state index is 0.0108. The quantitative estimate of drug-likeness (QED) is 0.737. The van der Waals surface area contributed by atoms with Crippen LogP contribution in [0.4, 0.5) is 0 Å². The highest BCUT2D eigenvalue weighted by atomic mass is 32.1. The summed E-state index contributed by atoms with van der Waals surface area (Å²) in [7, 11) is 0. The molecule has 0 spiro atoms. The normalized spacial score (nSPS) is 16.8. The molecule has 1 aliphatic rings. The molecule has 1 atom stereocenters. The third-order valence-corrected chi connectivity index (χ3v) is 5.68. The molecular formula is C20H23N5OS. The van der Waals surface area contributed by atoms with Crippen molar-refractivity contribution in [2.75, 3.05) is 13.1 Å². The number of nitrogens with zero attached hydrogens (tertiary/aromatic N) is 4. The second-order valence-electron chi connectivity index (χ2n) is 7.00. The Bertz CT molecular complexity index is 911. The van der Waals surface area contributed by atoms with Crippen LogP contribution in [-0.4, -0.2) is 50.7 Å². The summed E-state index contributed by atoms with van der Waals surface area (Å²) in [6.45, 7) is 5.94. The molecule has 0 saturated carbocycles. The summed E-state index contributed by atoms with van der Waals surface area (Å²) in [5.74, 6) is 0.0108. The lowest BCUT2D eigenvalue weighted by Crippen LogP contribution is -2.46. The maximum absolute atomic E-state index is 13.1. The average Bonchev–Trinajstić information content (AvgIpc) is 3.42. The summed E-state index contributed by atoms with van der Waals surface area (Å²) >= 11 is 1.48. The minimum absolute atomic E-state index is 0.0108. The van der Waals surface area contributed by atoms with Crippen LogP contribution in [0.2, 0.25) is 0 Å². The molecule has 0 aliphatic carbocycles. The molecule has 6 nitrogen and oxygen atoms in total. The summed E-state index contributed by atoms with van der Waals surface area (Å²) in [6.07, 6.45) is 4.73. The second-order valence-corrected chi connectivity index (χ2v) is 7.86. The topological polar surface area (TPSA) is 63.1 Å². The van der Waals surface area contributed by atoms with E-state index in [-0.39, 0.29) is 18.0 Å². The minimum Gasteiger partial charge on any atom is -0.331 e. The van der Waals surface area contributed by atoms with Gasteiger partial charge in [0, 0.05) is 35.8 Å². The predicted molar refractivity (Wildman–Crippen MR) is 107 cm³/mol. The van der Waals surface area contributed by atoms with E-state index in [1.54, 1.807) is 6.20 Å². The van der Waals surface area contributed by atoms with Gasteiger partial charge < -0.3 is 10.2 Å². The van der Waals surface area contributed by atoms with Crippen LogP contribution in [-0.2, 0) is 0 Å². The zero-order valence-corrected chi connectivity index (χ0v) is 16.3. The van der Waals surface area contributed by atoms with Gasteiger partial charge in [0.05, 0.1) is 11.9 Å². The number of carbonyl (C=O) groups is 1. The molecule has 4 rings (SSSR count). The van der Waals surface area contributed by atoms with Crippen molar-refractivity contribution in [3.05, 3.63) is 53.8 Å². The van der Waals surface area contributed by atoms with E-state index in [0.717, 1.165) is 35.8 Å². The SMILES string of the molecule is CC(C)N(C(=O)c1csc(-c2cnn(-c3ccccc3)c2)n1)[C@H]1CCNC1. The first kappa shape index (κ1) is 17.9. The molecule has 1 fully saturated rings. The van der Waals surface area contributed by atoms with Crippen LogP contribution in [0.25, 0.3) is 16.3 Å². The van der Waals surface area contributed by atoms with Gasteiger partial charge in [-0.25, -0.2) is 9.67 Å². The number of benzene rings is 1. The zero-order chi connectivity index (χ0) is 18.8. The third-order valence-electron chi connectivity index (χ3n) is 4.79. The fourth-order valence-corrected chi connectivity index (χ4v) is 4.26. The number of aromatic nitrogens is 3. The van der Waals surface area contributed by atoms with Crippen molar-refractivity contribution in [3.8, 4) is 16.3 Å². The average molecular weight is 382 g/mol. The molecule has 1 N–H and O–H groups in total. The van der Waals surface area contributed by atoms with Gasteiger partial charge in [0.15, 0.2) is 0 Å². The van der Waals surface area contributed by atoms with Crippen molar-refractivity contribution in [2.45, 2.75) is 32.4 Å². The number of nitrogens with one attached hydrogen (secondary N) is 1. The standard InChI is InChI=1S/C20H23N5OS/c1-14(2)25(17-8-9-21-11-17)20(26)18-13-27-19(23-18)15-10-22-24(12-15)16-6-4-3-5-7-16/h3-7,10,12-14,17,21H,8-9,11H2,1-2H3/t17-/m0/s1. The maximum atomic E-state index is 13.1. The highest BCUT2D eigenvalue weighted by Crippen LogP contribution is 2.26. The molecule has 0 unspecified atom stereocenters. The zero-order valence-electron chi connectivity index (χ0n) is 15.5. The highest BCUT2D eigenvalue weighted by molar-refractivity contribution is 7.13. The van der Waals surface area contributed by atoms with E-state index >= 15 is 0 Å². The first-order valence-electron chi connectivity index (χ1n) is 9.23. The molecule has 1 aliphatic heterocycles. The van der Waals surface area contributed by atoms with Gasteiger partial charge in [-0.3, -0.25) is 4.79 Å². The van der Waals surface area contributed by atoms with Gasteiger partial charge in [0.25, 0.3) is 5.91 Å². The van der Waals surface area contributed by atoms with Gasteiger partial charge >= 0.3 is 0 Å². The van der Waals surface area contributed by atoms with Gasteiger partial charge in [-0.05, 0) is 38.9 Å². The first-order valence-corrected chi connectivity index (χ1v) is 10.1. The van der Waals surface area contributed by atoms with E-state index in [2.05, 4.69) is 29.2 Å². The largest absolute Gasteiger partial charge is 0.331 e. The lowest BCUT2D eigenvalue weighted by molar-refractivity contribution is 0.0621. The Labute approximate surface area is 162 Å². The van der Waals surface area contributed by atoms with Crippen LogP contribution in [0.15, 0.2) is 48.1 Å². The van der Waals surface area contributed by atoms with Crippen LogP contribution >= 0.6 is 11.3 Å². The number of thiazole rings is 1. The van der Waals surface area contributed by atoms with Crippen LogP contribution in [0.1, 0.15) is 30.8 Å². The van der Waals surface area contributed by atoms with E-state index in [1.807, 2.05) is 51.5 Å². The fraction of sp³-hybridized carbons (Fsp3) is 0.350. The molecule has 0 bridgehead atoms. The van der Waals surface area contributed by atoms with Crippen molar-refractivity contribution in [2.24, 2.45) is 0 Å². The van der Waals surface area contributed by atoms with Gasteiger partial charge in [0.2, 0.25) is 0 Å². The first-order chi connectivity index (χ1) is 13.1. The Hall–Kier alpha value is -2.51. The Morgan fingerprint density at radius 2 is 2.15 bits per heavy atom. The Morgan fingerprint density at radius 3 is 2.85 bits per heavy atom. The van der Waals surface area contributed by atoms with Crippen molar-refractivity contribution >= 4 is 17.2 Å². The number of para-hydroxylation sites is 1. The monoisotopic (exact) mass is 381 g/mol. The van der Waals surface area contributed by atoms with Crippen LogP contribution < -0.4 is 5.32 Å². The number of hydrogen-bond donors (Lipinski definition) is 1. The summed E-state index contributed by atoms with van der Waals surface area (Å²) in [5, 5.41) is 10.4. The van der Waals surface area contributed by atoms with Crippen LogP contribution in [0, 0.1) is 0 Å². The predicted octanol–water partition coefficient (Wildman–Crippen LogP) is 3.21. The van der Waals surface area contributed by atoms with E-state index < -0.39 is 0 Å². The number of hydrogen-bond acceptors (Lipinski definition) is 5. The molecule has 3 aromatic rings. The molecular weight excluding hydrogens is 358 g/mol. The van der Waals surface area contributed by atoms with Gasteiger partial charge in [0.1, 0.15) is 10.7 Å². The van der Waals surface area contributed by atoms with Crippen LogP contribution in [0.3, 0.4) is 0 Å². The lowest BCUT2D eigenvalue weighted by Gasteiger charge is -2.31. The van der Waals surface area contributed by atoms with Crippen molar-refractivity contribution in [1.29, 1.82) is 0 Å².